The minimum Gasteiger partial charge on any atom is -0.496 e. The van der Waals surface area contributed by atoms with Gasteiger partial charge in [-0.2, -0.15) is 0 Å². The van der Waals surface area contributed by atoms with Crippen molar-refractivity contribution in [2.45, 2.75) is 32.4 Å². The molecule has 1 aromatic rings. The maximum atomic E-state index is 10.8. The molecule has 0 aliphatic heterocycles. The van der Waals surface area contributed by atoms with E-state index < -0.39 is 4.92 Å². The number of nitro groups is 1. The van der Waals surface area contributed by atoms with Gasteiger partial charge in [-0.3, -0.25) is 10.1 Å². The van der Waals surface area contributed by atoms with Gasteiger partial charge in [-0.05, 0) is 37.3 Å². The fourth-order valence-corrected chi connectivity index (χ4v) is 2.01. The van der Waals surface area contributed by atoms with Crippen LogP contribution in [0.2, 0.25) is 0 Å². The smallest absolute Gasteiger partial charge is 0.273 e. The first-order valence-electron chi connectivity index (χ1n) is 6.16. The first-order valence-corrected chi connectivity index (χ1v) is 6.16. The van der Waals surface area contributed by atoms with Gasteiger partial charge >= 0.3 is 0 Å². The summed E-state index contributed by atoms with van der Waals surface area (Å²) in [5, 5.41) is 14.2. The third-order valence-corrected chi connectivity index (χ3v) is 3.35. The molecule has 5 heteroatoms. The molecule has 0 heterocycles. The van der Waals surface area contributed by atoms with Gasteiger partial charge in [-0.1, -0.05) is 0 Å². The van der Waals surface area contributed by atoms with Gasteiger partial charge in [-0.25, -0.2) is 0 Å². The second-order valence-electron chi connectivity index (χ2n) is 4.80. The summed E-state index contributed by atoms with van der Waals surface area (Å²) in [5.41, 5.74) is 0.957. The van der Waals surface area contributed by atoms with Crippen LogP contribution in [0.3, 0.4) is 0 Å². The average Bonchev–Trinajstić information content (AvgIpc) is 3.19. The molecule has 0 bridgehead atoms. The van der Waals surface area contributed by atoms with Crippen LogP contribution in [-0.4, -0.2) is 18.1 Å². The molecule has 1 aromatic carbocycles. The van der Waals surface area contributed by atoms with Crippen molar-refractivity contribution in [1.29, 1.82) is 0 Å². The lowest BCUT2D eigenvalue weighted by atomic mass is 10.1. The van der Waals surface area contributed by atoms with Crippen LogP contribution in [0.25, 0.3) is 0 Å². The van der Waals surface area contributed by atoms with E-state index in [4.69, 9.17) is 4.74 Å². The van der Waals surface area contributed by atoms with E-state index in [2.05, 4.69) is 12.2 Å². The highest BCUT2D eigenvalue weighted by atomic mass is 16.6. The van der Waals surface area contributed by atoms with Gasteiger partial charge in [0, 0.05) is 18.7 Å². The number of ether oxygens (including phenoxy) is 1. The van der Waals surface area contributed by atoms with Crippen molar-refractivity contribution in [2.75, 3.05) is 7.11 Å². The van der Waals surface area contributed by atoms with Gasteiger partial charge in [0.1, 0.15) is 5.75 Å². The number of hydrogen-bond donors (Lipinski definition) is 1. The third kappa shape index (κ3) is 3.20. The Hall–Kier alpha value is -1.62. The van der Waals surface area contributed by atoms with Gasteiger partial charge in [-0.15, -0.1) is 0 Å². The predicted molar refractivity (Wildman–Crippen MR) is 68.7 cm³/mol. The fourth-order valence-electron chi connectivity index (χ4n) is 2.01. The van der Waals surface area contributed by atoms with Crippen molar-refractivity contribution in [3.05, 3.63) is 33.9 Å². The molecule has 1 aliphatic rings. The Morgan fingerprint density at radius 3 is 2.78 bits per heavy atom. The molecule has 1 saturated carbocycles. The minimum atomic E-state index is -0.393. The molecule has 2 rings (SSSR count). The number of nitrogens with one attached hydrogen (secondary N) is 1. The molecular formula is C13H18N2O3. The van der Waals surface area contributed by atoms with Gasteiger partial charge in [0.05, 0.1) is 18.1 Å². The highest BCUT2D eigenvalue weighted by Crippen LogP contribution is 2.32. The standard InChI is InChI=1S/C13H18N2O3/c1-9(11-3-4-11)14-8-10-5-12(15(16)17)7-13(6-10)18-2/h5-7,9,11,14H,3-4,8H2,1-2H3. The summed E-state index contributed by atoms with van der Waals surface area (Å²) in [6.07, 6.45) is 2.57. The molecule has 0 amide bonds. The van der Waals surface area contributed by atoms with Crippen molar-refractivity contribution in [2.24, 2.45) is 5.92 Å². The van der Waals surface area contributed by atoms with Gasteiger partial charge in [0.25, 0.3) is 5.69 Å². The zero-order chi connectivity index (χ0) is 13.1. The second kappa shape index (κ2) is 5.35. The van der Waals surface area contributed by atoms with Gasteiger partial charge in [0.2, 0.25) is 0 Å². The lowest BCUT2D eigenvalue weighted by molar-refractivity contribution is -0.385. The summed E-state index contributed by atoms with van der Waals surface area (Å²) in [6, 6.07) is 5.33. The molecule has 1 unspecified atom stereocenters. The Morgan fingerprint density at radius 1 is 1.50 bits per heavy atom. The van der Waals surface area contributed by atoms with Crippen LogP contribution in [-0.2, 0) is 6.54 Å². The maximum Gasteiger partial charge on any atom is 0.273 e. The zero-order valence-electron chi connectivity index (χ0n) is 10.7. The molecule has 0 aromatic heterocycles. The Morgan fingerprint density at radius 2 is 2.22 bits per heavy atom. The molecule has 0 saturated heterocycles. The molecule has 5 nitrogen and oxygen atoms in total. The molecule has 98 valence electrons. The first-order chi connectivity index (χ1) is 8.60. The van der Waals surface area contributed by atoms with Crippen LogP contribution < -0.4 is 10.1 Å². The highest BCUT2D eigenvalue weighted by Gasteiger charge is 2.27. The van der Waals surface area contributed by atoms with E-state index >= 15 is 0 Å². The highest BCUT2D eigenvalue weighted by molar-refractivity contribution is 5.42. The normalized spacial score (nSPS) is 16.3. The number of rotatable bonds is 6. The van der Waals surface area contributed by atoms with E-state index in [0.29, 0.717) is 18.3 Å². The van der Waals surface area contributed by atoms with E-state index in [0.717, 1.165) is 11.5 Å². The van der Waals surface area contributed by atoms with Crippen LogP contribution in [0, 0.1) is 16.0 Å². The van der Waals surface area contributed by atoms with Crippen molar-refractivity contribution in [3.63, 3.8) is 0 Å². The second-order valence-corrected chi connectivity index (χ2v) is 4.80. The van der Waals surface area contributed by atoms with Crippen molar-refractivity contribution in [1.82, 2.24) is 5.32 Å². The fraction of sp³-hybridized carbons (Fsp3) is 0.538. The van der Waals surface area contributed by atoms with Crippen molar-refractivity contribution < 1.29 is 9.66 Å². The first kappa shape index (κ1) is 12.8. The summed E-state index contributed by atoms with van der Waals surface area (Å²) in [5.74, 6) is 1.30. The predicted octanol–water partition coefficient (Wildman–Crippen LogP) is 2.49. The summed E-state index contributed by atoms with van der Waals surface area (Å²) in [4.78, 5) is 10.4. The maximum absolute atomic E-state index is 10.8. The Bertz CT molecular complexity index is 444. The number of nitro benzene ring substituents is 1. The zero-order valence-corrected chi connectivity index (χ0v) is 10.7. The Kier molecular flexibility index (Phi) is 3.81. The van der Waals surface area contributed by atoms with Crippen LogP contribution in [0.15, 0.2) is 18.2 Å². The Balaban J connectivity index is 2.05. The molecular weight excluding hydrogens is 232 g/mol. The number of methoxy groups -OCH3 is 1. The molecule has 1 N–H and O–H groups in total. The largest absolute Gasteiger partial charge is 0.496 e. The summed E-state index contributed by atoms with van der Waals surface area (Å²) >= 11 is 0. The summed E-state index contributed by atoms with van der Waals surface area (Å²) in [6.45, 7) is 2.79. The number of benzene rings is 1. The average molecular weight is 250 g/mol. The molecule has 0 spiro atoms. The number of non-ortho nitro benzene ring substituents is 1. The van der Waals surface area contributed by atoms with Crippen LogP contribution in [0.5, 0.6) is 5.75 Å². The van der Waals surface area contributed by atoms with E-state index in [-0.39, 0.29) is 5.69 Å². The van der Waals surface area contributed by atoms with E-state index in [1.807, 2.05) is 6.07 Å². The molecule has 1 aliphatic carbocycles. The monoisotopic (exact) mass is 250 g/mol. The lowest BCUT2D eigenvalue weighted by Crippen LogP contribution is -2.27. The third-order valence-electron chi connectivity index (χ3n) is 3.35. The number of hydrogen-bond acceptors (Lipinski definition) is 4. The van der Waals surface area contributed by atoms with Gasteiger partial charge in [0.15, 0.2) is 0 Å². The van der Waals surface area contributed by atoms with Crippen LogP contribution >= 0.6 is 0 Å². The molecule has 1 fully saturated rings. The molecule has 18 heavy (non-hydrogen) atoms. The van der Waals surface area contributed by atoms with Crippen LogP contribution in [0.1, 0.15) is 25.3 Å². The van der Waals surface area contributed by atoms with E-state index in [1.54, 1.807) is 6.07 Å². The van der Waals surface area contributed by atoms with E-state index in [9.17, 15) is 10.1 Å². The molecule has 1 atom stereocenters. The van der Waals surface area contributed by atoms with Crippen molar-refractivity contribution >= 4 is 5.69 Å². The summed E-state index contributed by atoms with van der Waals surface area (Å²) < 4.78 is 5.08. The lowest BCUT2D eigenvalue weighted by Gasteiger charge is -2.13. The van der Waals surface area contributed by atoms with E-state index in [1.165, 1.54) is 26.0 Å². The topological polar surface area (TPSA) is 64.4 Å². The SMILES string of the molecule is COc1cc(CNC(C)C2CC2)cc([N+](=O)[O-])c1. The minimum absolute atomic E-state index is 0.0743. The Labute approximate surface area is 106 Å². The molecule has 0 radical (unpaired) electrons. The number of nitrogens with zero attached hydrogens (tertiary/aromatic N) is 1. The van der Waals surface area contributed by atoms with Crippen LogP contribution in [0.4, 0.5) is 5.69 Å². The summed E-state index contributed by atoms with van der Waals surface area (Å²) in [7, 11) is 1.52. The van der Waals surface area contributed by atoms with Gasteiger partial charge < -0.3 is 10.1 Å². The quantitative estimate of drug-likeness (QED) is 0.622. The van der Waals surface area contributed by atoms with Crippen molar-refractivity contribution in [3.8, 4) is 5.75 Å².